The van der Waals surface area contributed by atoms with Gasteiger partial charge >= 0.3 is 0 Å². The fourth-order valence-electron chi connectivity index (χ4n) is 2.83. The highest BCUT2D eigenvalue weighted by molar-refractivity contribution is 5.35. The van der Waals surface area contributed by atoms with E-state index in [1.54, 1.807) is 7.11 Å². The monoisotopic (exact) mass is 327 g/mol. The Morgan fingerprint density at radius 2 is 1.92 bits per heavy atom. The first kappa shape index (κ1) is 16.8. The van der Waals surface area contributed by atoms with E-state index in [1.165, 1.54) is 11.1 Å². The lowest BCUT2D eigenvalue weighted by molar-refractivity contribution is 0.0000137. The number of methoxy groups -OCH3 is 1. The summed E-state index contributed by atoms with van der Waals surface area (Å²) in [5.74, 6) is 1.85. The first-order valence-electron chi connectivity index (χ1n) is 8.51. The second-order valence-electron chi connectivity index (χ2n) is 5.96. The largest absolute Gasteiger partial charge is 0.497 e. The summed E-state index contributed by atoms with van der Waals surface area (Å²) >= 11 is 0. The lowest BCUT2D eigenvalue weighted by atomic mass is 10.0. The molecule has 0 aromatic heterocycles. The van der Waals surface area contributed by atoms with Crippen molar-refractivity contribution in [2.45, 2.75) is 18.9 Å². The first-order chi connectivity index (χ1) is 11.8. The summed E-state index contributed by atoms with van der Waals surface area (Å²) in [5, 5.41) is 3.33. The Labute approximate surface area is 143 Å². The molecule has 0 unspecified atom stereocenters. The number of nitrogens with one attached hydrogen (secondary N) is 1. The van der Waals surface area contributed by atoms with Crippen LogP contribution in [0.5, 0.6) is 11.5 Å². The molecule has 0 amide bonds. The molecule has 2 aromatic carbocycles. The summed E-state index contributed by atoms with van der Waals surface area (Å²) < 4.78 is 16.9. The van der Waals surface area contributed by atoms with Crippen LogP contribution in [0, 0.1) is 0 Å². The molecule has 1 aliphatic rings. The molecule has 128 valence electrons. The molecule has 4 nitrogen and oxygen atoms in total. The predicted octanol–water partition coefficient (Wildman–Crippen LogP) is 2.85. The Balaban J connectivity index is 1.56. The van der Waals surface area contributed by atoms with Gasteiger partial charge in [0, 0.05) is 13.1 Å². The van der Waals surface area contributed by atoms with Gasteiger partial charge in [-0.1, -0.05) is 30.3 Å². The maximum atomic E-state index is 6.02. The van der Waals surface area contributed by atoms with Gasteiger partial charge in [0.1, 0.15) is 24.2 Å². The third kappa shape index (κ3) is 4.73. The Kier molecular flexibility index (Phi) is 6.10. The Bertz CT molecular complexity index is 621. The van der Waals surface area contributed by atoms with Gasteiger partial charge < -0.3 is 19.5 Å². The summed E-state index contributed by atoms with van der Waals surface area (Å²) in [5.41, 5.74) is 2.53. The number of hydrogen-bond acceptors (Lipinski definition) is 4. The lowest BCUT2D eigenvalue weighted by Crippen LogP contribution is -2.41. The van der Waals surface area contributed by atoms with Crippen LogP contribution < -0.4 is 14.8 Å². The van der Waals surface area contributed by atoms with Crippen molar-refractivity contribution in [3.05, 3.63) is 59.7 Å². The van der Waals surface area contributed by atoms with Crippen molar-refractivity contribution in [3.8, 4) is 11.5 Å². The van der Waals surface area contributed by atoms with Crippen LogP contribution in [0.2, 0.25) is 0 Å². The molecule has 1 aliphatic heterocycles. The van der Waals surface area contributed by atoms with E-state index in [9.17, 15) is 0 Å². The Morgan fingerprint density at radius 1 is 1.08 bits per heavy atom. The van der Waals surface area contributed by atoms with E-state index in [0.717, 1.165) is 44.0 Å². The van der Waals surface area contributed by atoms with Gasteiger partial charge in [-0.15, -0.1) is 0 Å². The van der Waals surface area contributed by atoms with Crippen LogP contribution >= 0.6 is 0 Å². The molecule has 1 saturated heterocycles. The van der Waals surface area contributed by atoms with E-state index in [4.69, 9.17) is 14.2 Å². The highest BCUT2D eigenvalue weighted by atomic mass is 16.5. The molecule has 0 saturated carbocycles. The van der Waals surface area contributed by atoms with Crippen LogP contribution in [0.3, 0.4) is 0 Å². The molecule has 4 heteroatoms. The van der Waals surface area contributed by atoms with Crippen LogP contribution in [-0.4, -0.2) is 39.5 Å². The lowest BCUT2D eigenvalue weighted by Gasteiger charge is -2.24. The van der Waals surface area contributed by atoms with Crippen molar-refractivity contribution in [1.82, 2.24) is 5.32 Å². The van der Waals surface area contributed by atoms with Gasteiger partial charge in [0.25, 0.3) is 0 Å². The van der Waals surface area contributed by atoms with Gasteiger partial charge in [0.2, 0.25) is 0 Å². The number of hydrogen-bond donors (Lipinski definition) is 1. The minimum Gasteiger partial charge on any atom is -0.497 e. The van der Waals surface area contributed by atoms with Crippen molar-refractivity contribution in [2.24, 2.45) is 0 Å². The molecular formula is C20H25NO3. The number of benzene rings is 2. The maximum Gasteiger partial charge on any atom is 0.122 e. The standard InChI is InChI=1S/C20H25NO3/c1-22-18-10-7-16(8-11-18)6-9-17-4-2-3-5-20(17)24-15-19-14-21-12-13-23-19/h2-5,7-8,10-11,19,21H,6,9,12-15H2,1H3/t19-/m1/s1. The minimum absolute atomic E-state index is 0.133. The minimum atomic E-state index is 0.133. The maximum absolute atomic E-state index is 6.02. The van der Waals surface area contributed by atoms with Crippen LogP contribution in [0.4, 0.5) is 0 Å². The summed E-state index contributed by atoms with van der Waals surface area (Å²) in [4.78, 5) is 0. The van der Waals surface area contributed by atoms with Crippen LogP contribution in [0.15, 0.2) is 48.5 Å². The number of rotatable bonds is 7. The molecule has 0 radical (unpaired) electrons. The van der Waals surface area contributed by atoms with Crippen molar-refractivity contribution in [2.75, 3.05) is 33.4 Å². The molecule has 0 spiro atoms. The predicted molar refractivity (Wildman–Crippen MR) is 94.9 cm³/mol. The van der Waals surface area contributed by atoms with Crippen LogP contribution in [0.25, 0.3) is 0 Å². The highest BCUT2D eigenvalue weighted by Crippen LogP contribution is 2.21. The molecule has 0 bridgehead atoms. The average molecular weight is 327 g/mol. The van der Waals surface area contributed by atoms with E-state index in [-0.39, 0.29) is 6.10 Å². The molecule has 0 aliphatic carbocycles. The fourth-order valence-corrected chi connectivity index (χ4v) is 2.83. The SMILES string of the molecule is COc1ccc(CCc2ccccc2OC[C@H]2CNCCO2)cc1. The molecule has 2 aromatic rings. The van der Waals surface area contributed by atoms with Gasteiger partial charge in [-0.25, -0.2) is 0 Å². The number of ether oxygens (including phenoxy) is 3. The number of morpholine rings is 1. The van der Waals surface area contributed by atoms with E-state index < -0.39 is 0 Å². The van der Waals surface area contributed by atoms with Crippen LogP contribution in [0.1, 0.15) is 11.1 Å². The van der Waals surface area contributed by atoms with Gasteiger partial charge in [-0.2, -0.15) is 0 Å². The van der Waals surface area contributed by atoms with E-state index in [1.807, 2.05) is 24.3 Å². The van der Waals surface area contributed by atoms with Gasteiger partial charge in [-0.05, 0) is 42.2 Å². The molecule has 1 N–H and O–H groups in total. The second-order valence-corrected chi connectivity index (χ2v) is 5.96. The van der Waals surface area contributed by atoms with Crippen molar-refractivity contribution in [1.29, 1.82) is 0 Å². The number of para-hydroxylation sites is 1. The topological polar surface area (TPSA) is 39.7 Å². The summed E-state index contributed by atoms with van der Waals surface area (Å²) in [7, 11) is 1.69. The van der Waals surface area contributed by atoms with Gasteiger partial charge in [0.05, 0.1) is 13.7 Å². The van der Waals surface area contributed by atoms with Crippen molar-refractivity contribution < 1.29 is 14.2 Å². The summed E-state index contributed by atoms with van der Waals surface area (Å²) in [6.45, 7) is 3.13. The second kappa shape index (κ2) is 8.71. The van der Waals surface area contributed by atoms with E-state index in [2.05, 4.69) is 29.6 Å². The smallest absolute Gasteiger partial charge is 0.122 e. The Hall–Kier alpha value is -2.04. The van der Waals surface area contributed by atoms with Crippen molar-refractivity contribution >= 4 is 0 Å². The normalized spacial score (nSPS) is 17.5. The summed E-state index contributed by atoms with van der Waals surface area (Å²) in [6, 6.07) is 16.5. The zero-order valence-electron chi connectivity index (χ0n) is 14.2. The van der Waals surface area contributed by atoms with E-state index >= 15 is 0 Å². The molecule has 24 heavy (non-hydrogen) atoms. The highest BCUT2D eigenvalue weighted by Gasteiger charge is 2.14. The van der Waals surface area contributed by atoms with Gasteiger partial charge in [-0.3, -0.25) is 0 Å². The van der Waals surface area contributed by atoms with E-state index in [0.29, 0.717) is 6.61 Å². The van der Waals surface area contributed by atoms with Crippen molar-refractivity contribution in [3.63, 3.8) is 0 Å². The third-order valence-corrected chi connectivity index (χ3v) is 4.24. The Morgan fingerprint density at radius 3 is 2.67 bits per heavy atom. The first-order valence-corrected chi connectivity index (χ1v) is 8.51. The summed E-state index contributed by atoms with van der Waals surface area (Å²) in [6.07, 6.45) is 2.06. The number of aryl methyl sites for hydroxylation is 2. The zero-order valence-corrected chi connectivity index (χ0v) is 14.2. The molecule has 3 rings (SSSR count). The van der Waals surface area contributed by atoms with Gasteiger partial charge in [0.15, 0.2) is 0 Å². The quantitative estimate of drug-likeness (QED) is 0.849. The molecule has 1 atom stereocenters. The molecule has 1 fully saturated rings. The fraction of sp³-hybridized carbons (Fsp3) is 0.400. The molecular weight excluding hydrogens is 302 g/mol. The van der Waals surface area contributed by atoms with Crippen LogP contribution in [-0.2, 0) is 17.6 Å². The zero-order chi connectivity index (χ0) is 16.6. The third-order valence-electron chi connectivity index (χ3n) is 4.24. The average Bonchev–Trinajstić information content (AvgIpc) is 2.66. The molecule has 1 heterocycles.